The minimum absolute atomic E-state index is 0.0528. The van der Waals surface area contributed by atoms with E-state index in [1.165, 1.54) is 25.3 Å². The number of carbonyl (C=O) groups excluding carboxylic acids is 1. The Balaban J connectivity index is 3.28. The lowest BCUT2D eigenvalue weighted by Gasteiger charge is -2.24. The van der Waals surface area contributed by atoms with E-state index in [2.05, 4.69) is 9.46 Å². The van der Waals surface area contributed by atoms with E-state index in [1.54, 1.807) is 13.8 Å². The van der Waals surface area contributed by atoms with E-state index in [0.29, 0.717) is 6.42 Å². The molecule has 20 heavy (non-hydrogen) atoms. The van der Waals surface area contributed by atoms with Gasteiger partial charge in [-0.05, 0) is 38.5 Å². The van der Waals surface area contributed by atoms with Gasteiger partial charge in [-0.25, -0.2) is 17.9 Å². The fourth-order valence-corrected chi connectivity index (χ4v) is 3.46. The number of hydrogen-bond donors (Lipinski definition) is 1. The first kappa shape index (κ1) is 16.9. The zero-order valence-corrected chi connectivity index (χ0v) is 13.4. The molecule has 0 saturated carbocycles. The molecule has 112 valence electrons. The van der Waals surface area contributed by atoms with Crippen molar-refractivity contribution in [2.75, 3.05) is 7.11 Å². The molecule has 0 atom stereocenters. The van der Waals surface area contributed by atoms with Crippen LogP contribution in [-0.4, -0.2) is 27.0 Å². The van der Waals surface area contributed by atoms with Crippen LogP contribution in [0.2, 0.25) is 5.02 Å². The Labute approximate surface area is 124 Å². The molecular formula is C13H18ClNO4S. The highest BCUT2D eigenvalue weighted by Gasteiger charge is 2.27. The summed E-state index contributed by atoms with van der Waals surface area (Å²) in [4.78, 5) is 11.3. The first-order chi connectivity index (χ1) is 9.13. The van der Waals surface area contributed by atoms with Gasteiger partial charge in [-0.1, -0.05) is 18.5 Å². The van der Waals surface area contributed by atoms with Crippen LogP contribution in [0.25, 0.3) is 0 Å². The summed E-state index contributed by atoms with van der Waals surface area (Å²) in [6, 6.07) is 3.99. The van der Waals surface area contributed by atoms with Crippen LogP contribution in [0.4, 0.5) is 0 Å². The van der Waals surface area contributed by atoms with E-state index in [1.807, 2.05) is 6.92 Å². The molecule has 0 aliphatic heterocycles. The highest BCUT2D eigenvalue weighted by molar-refractivity contribution is 7.89. The third-order valence-corrected chi connectivity index (χ3v) is 5.12. The lowest BCUT2D eigenvalue weighted by atomic mass is 10.0. The van der Waals surface area contributed by atoms with Crippen LogP contribution in [0.3, 0.4) is 0 Å². The maximum Gasteiger partial charge on any atom is 0.337 e. The SMILES string of the molecule is CCC(C)(C)NS(=O)(=O)c1cc(C(=O)OC)ccc1Cl. The van der Waals surface area contributed by atoms with E-state index in [0.717, 1.165) is 0 Å². The van der Waals surface area contributed by atoms with Crippen molar-refractivity contribution < 1.29 is 17.9 Å². The number of halogens is 1. The number of sulfonamides is 1. The number of benzene rings is 1. The maximum atomic E-state index is 12.3. The van der Waals surface area contributed by atoms with Crippen molar-refractivity contribution in [1.82, 2.24) is 4.72 Å². The minimum atomic E-state index is -3.81. The molecule has 0 spiro atoms. The number of hydrogen-bond acceptors (Lipinski definition) is 4. The van der Waals surface area contributed by atoms with E-state index in [-0.39, 0.29) is 15.5 Å². The summed E-state index contributed by atoms with van der Waals surface area (Å²) < 4.78 is 31.8. The standard InChI is InChI=1S/C13H18ClNO4S/c1-5-13(2,3)15-20(17,18)11-8-9(12(16)19-4)6-7-10(11)14/h6-8,15H,5H2,1-4H3. The number of ether oxygens (including phenoxy) is 1. The van der Waals surface area contributed by atoms with Gasteiger partial charge in [0.15, 0.2) is 0 Å². The smallest absolute Gasteiger partial charge is 0.337 e. The second-order valence-electron chi connectivity index (χ2n) is 4.98. The summed E-state index contributed by atoms with van der Waals surface area (Å²) in [6.45, 7) is 5.40. The van der Waals surface area contributed by atoms with E-state index in [4.69, 9.17) is 11.6 Å². The third kappa shape index (κ3) is 3.94. The molecule has 0 saturated heterocycles. The largest absolute Gasteiger partial charge is 0.465 e. The van der Waals surface area contributed by atoms with E-state index < -0.39 is 21.5 Å². The summed E-state index contributed by atoms with van der Waals surface area (Å²) in [5.41, 5.74) is -0.477. The van der Waals surface area contributed by atoms with Crippen molar-refractivity contribution in [3.63, 3.8) is 0 Å². The number of methoxy groups -OCH3 is 1. The van der Waals surface area contributed by atoms with E-state index >= 15 is 0 Å². The Morgan fingerprint density at radius 2 is 2.00 bits per heavy atom. The van der Waals surface area contributed by atoms with Gasteiger partial charge in [-0.2, -0.15) is 0 Å². The predicted octanol–water partition coefficient (Wildman–Crippen LogP) is 2.59. The quantitative estimate of drug-likeness (QED) is 0.847. The molecule has 0 radical (unpaired) electrons. The number of carbonyl (C=O) groups is 1. The summed E-state index contributed by atoms with van der Waals surface area (Å²) in [5.74, 6) is -0.618. The van der Waals surface area contributed by atoms with Crippen LogP contribution in [0.1, 0.15) is 37.6 Å². The van der Waals surface area contributed by atoms with Gasteiger partial charge in [-0.3, -0.25) is 0 Å². The maximum absolute atomic E-state index is 12.3. The Morgan fingerprint density at radius 1 is 1.40 bits per heavy atom. The van der Waals surface area contributed by atoms with Crippen molar-refractivity contribution in [1.29, 1.82) is 0 Å². The molecule has 0 heterocycles. The van der Waals surface area contributed by atoms with Gasteiger partial charge in [0, 0.05) is 5.54 Å². The zero-order chi connectivity index (χ0) is 15.6. The summed E-state index contributed by atoms with van der Waals surface area (Å²) in [5, 5.41) is 0.0528. The lowest BCUT2D eigenvalue weighted by molar-refractivity contribution is 0.0600. The molecular weight excluding hydrogens is 302 g/mol. The molecule has 0 aromatic heterocycles. The number of nitrogens with one attached hydrogen (secondary N) is 1. The summed E-state index contributed by atoms with van der Waals surface area (Å²) in [6.07, 6.45) is 0.612. The zero-order valence-electron chi connectivity index (χ0n) is 11.9. The van der Waals surface area contributed by atoms with Crippen molar-refractivity contribution in [3.05, 3.63) is 28.8 Å². The van der Waals surface area contributed by atoms with Crippen LogP contribution in [0.15, 0.2) is 23.1 Å². The average molecular weight is 320 g/mol. The molecule has 0 bridgehead atoms. The van der Waals surface area contributed by atoms with Crippen molar-refractivity contribution >= 4 is 27.6 Å². The molecule has 0 aliphatic carbocycles. The Morgan fingerprint density at radius 3 is 2.50 bits per heavy atom. The molecule has 0 amide bonds. The lowest BCUT2D eigenvalue weighted by Crippen LogP contribution is -2.42. The Hall–Kier alpha value is -1.11. The van der Waals surface area contributed by atoms with Gasteiger partial charge in [0.1, 0.15) is 4.90 Å². The Kier molecular flexibility index (Phi) is 5.18. The number of rotatable bonds is 5. The second-order valence-corrected chi connectivity index (χ2v) is 7.04. The van der Waals surface area contributed by atoms with Crippen LogP contribution >= 0.6 is 11.6 Å². The summed E-state index contributed by atoms with van der Waals surface area (Å²) in [7, 11) is -2.59. The molecule has 5 nitrogen and oxygen atoms in total. The second kappa shape index (κ2) is 6.11. The van der Waals surface area contributed by atoms with Crippen LogP contribution < -0.4 is 4.72 Å². The van der Waals surface area contributed by atoms with Gasteiger partial charge in [0.25, 0.3) is 0 Å². The summed E-state index contributed by atoms with van der Waals surface area (Å²) >= 11 is 5.93. The van der Waals surface area contributed by atoms with Gasteiger partial charge >= 0.3 is 5.97 Å². The first-order valence-electron chi connectivity index (χ1n) is 6.05. The van der Waals surface area contributed by atoms with Crippen molar-refractivity contribution in [2.24, 2.45) is 0 Å². The number of esters is 1. The fourth-order valence-electron chi connectivity index (χ4n) is 1.45. The third-order valence-electron chi connectivity index (χ3n) is 2.94. The molecule has 0 fully saturated rings. The molecule has 1 N–H and O–H groups in total. The normalized spacial score (nSPS) is 12.2. The van der Waals surface area contributed by atoms with Gasteiger partial charge in [0.05, 0.1) is 17.7 Å². The first-order valence-corrected chi connectivity index (χ1v) is 7.91. The molecule has 1 aromatic carbocycles. The van der Waals surface area contributed by atoms with Crippen LogP contribution in [0.5, 0.6) is 0 Å². The van der Waals surface area contributed by atoms with Crippen LogP contribution in [-0.2, 0) is 14.8 Å². The predicted molar refractivity (Wildman–Crippen MR) is 77.5 cm³/mol. The van der Waals surface area contributed by atoms with Crippen molar-refractivity contribution in [2.45, 2.75) is 37.6 Å². The average Bonchev–Trinajstić information content (AvgIpc) is 2.37. The van der Waals surface area contributed by atoms with Gasteiger partial charge in [-0.15, -0.1) is 0 Å². The molecule has 7 heteroatoms. The topological polar surface area (TPSA) is 72.5 Å². The highest BCUT2D eigenvalue weighted by atomic mass is 35.5. The monoisotopic (exact) mass is 319 g/mol. The molecule has 1 rings (SSSR count). The van der Waals surface area contributed by atoms with Gasteiger partial charge in [0.2, 0.25) is 10.0 Å². The van der Waals surface area contributed by atoms with E-state index in [9.17, 15) is 13.2 Å². The molecule has 1 aromatic rings. The minimum Gasteiger partial charge on any atom is -0.465 e. The van der Waals surface area contributed by atoms with Crippen molar-refractivity contribution in [3.8, 4) is 0 Å². The molecule has 0 unspecified atom stereocenters. The molecule has 0 aliphatic rings. The van der Waals surface area contributed by atoms with Gasteiger partial charge < -0.3 is 4.74 Å². The van der Waals surface area contributed by atoms with Crippen LogP contribution in [0, 0.1) is 0 Å². The fraction of sp³-hybridized carbons (Fsp3) is 0.462. The Bertz CT molecular complexity index is 611. The highest BCUT2D eigenvalue weighted by Crippen LogP contribution is 2.24.